The van der Waals surface area contributed by atoms with E-state index in [9.17, 15) is 9.59 Å². The number of hydrogen-bond acceptors (Lipinski definition) is 4. The molecule has 2 fully saturated rings. The zero-order valence-corrected chi connectivity index (χ0v) is 15.7. The second-order valence-corrected chi connectivity index (χ2v) is 7.40. The molecule has 1 unspecified atom stereocenters. The zero-order chi connectivity index (χ0) is 18.4. The third-order valence-electron chi connectivity index (χ3n) is 5.59. The van der Waals surface area contributed by atoms with Crippen LogP contribution in [0.3, 0.4) is 0 Å². The average molecular weight is 358 g/mol. The van der Waals surface area contributed by atoms with Crippen molar-refractivity contribution in [2.75, 3.05) is 39.3 Å². The highest BCUT2D eigenvalue weighted by atomic mass is 16.2. The minimum Gasteiger partial charge on any atom is -0.342 e. The normalized spacial score (nSPS) is 21.7. The molecule has 2 saturated heterocycles. The fraction of sp³-hybridized carbons (Fsp3) is 0.650. The molecule has 1 atom stereocenters. The molecule has 0 radical (unpaired) electrons. The Balaban J connectivity index is 1.53. The molecule has 3 rings (SSSR count). The molecule has 2 aliphatic rings. The van der Waals surface area contributed by atoms with Crippen molar-refractivity contribution >= 4 is 11.8 Å². The quantitative estimate of drug-likeness (QED) is 0.871. The number of aromatic nitrogens is 1. The number of rotatable bonds is 5. The molecule has 2 amide bonds. The smallest absolute Gasteiger partial charge is 0.253 e. The molecular formula is C20H30N4O2. The van der Waals surface area contributed by atoms with E-state index >= 15 is 0 Å². The molecule has 2 aliphatic heterocycles. The Kier molecular flexibility index (Phi) is 6.61. The van der Waals surface area contributed by atoms with Crippen LogP contribution in [0.5, 0.6) is 0 Å². The summed E-state index contributed by atoms with van der Waals surface area (Å²) in [5, 5.41) is 3.41. The first kappa shape index (κ1) is 18.8. The van der Waals surface area contributed by atoms with Crippen molar-refractivity contribution in [1.29, 1.82) is 0 Å². The third kappa shape index (κ3) is 4.61. The van der Waals surface area contributed by atoms with E-state index in [-0.39, 0.29) is 17.7 Å². The monoisotopic (exact) mass is 358 g/mol. The van der Waals surface area contributed by atoms with Crippen molar-refractivity contribution in [3.8, 4) is 0 Å². The van der Waals surface area contributed by atoms with Gasteiger partial charge in [0, 0.05) is 44.1 Å². The van der Waals surface area contributed by atoms with E-state index in [1.54, 1.807) is 24.5 Å². The maximum absolute atomic E-state index is 12.9. The van der Waals surface area contributed by atoms with Gasteiger partial charge in [-0.15, -0.1) is 0 Å². The van der Waals surface area contributed by atoms with E-state index < -0.39 is 0 Å². The summed E-state index contributed by atoms with van der Waals surface area (Å²) in [6.45, 7) is 7.15. The predicted octanol–water partition coefficient (Wildman–Crippen LogP) is 1.78. The maximum Gasteiger partial charge on any atom is 0.253 e. The zero-order valence-electron chi connectivity index (χ0n) is 15.7. The van der Waals surface area contributed by atoms with Gasteiger partial charge in [0.25, 0.3) is 5.91 Å². The minimum absolute atomic E-state index is 0.00856. The molecule has 1 aromatic rings. The molecule has 0 bridgehead atoms. The lowest BCUT2D eigenvalue weighted by Gasteiger charge is -2.38. The standard InChI is InChI=1S/C20H30N4O2/c1-2-21-14-16-7-12-23(13-8-16)20(26)18-4-3-11-24(15-18)19(25)17-5-9-22-10-6-17/h5-6,9-10,16,18,21H,2-4,7-8,11-15H2,1H3. The molecule has 26 heavy (non-hydrogen) atoms. The Morgan fingerprint density at radius 2 is 1.85 bits per heavy atom. The molecular weight excluding hydrogens is 328 g/mol. The first-order valence-electron chi connectivity index (χ1n) is 9.87. The summed E-state index contributed by atoms with van der Waals surface area (Å²) in [5.41, 5.74) is 0.650. The molecule has 0 saturated carbocycles. The van der Waals surface area contributed by atoms with E-state index in [0.717, 1.165) is 58.4 Å². The maximum atomic E-state index is 12.9. The van der Waals surface area contributed by atoms with Gasteiger partial charge in [0.2, 0.25) is 5.91 Å². The number of nitrogens with one attached hydrogen (secondary N) is 1. The number of likely N-dealkylation sites (tertiary alicyclic amines) is 2. The summed E-state index contributed by atoms with van der Waals surface area (Å²) >= 11 is 0. The van der Waals surface area contributed by atoms with Crippen LogP contribution in [-0.4, -0.2) is 65.9 Å². The van der Waals surface area contributed by atoms with Gasteiger partial charge < -0.3 is 15.1 Å². The van der Waals surface area contributed by atoms with Crippen LogP contribution in [0, 0.1) is 11.8 Å². The predicted molar refractivity (Wildman–Crippen MR) is 101 cm³/mol. The number of hydrogen-bond donors (Lipinski definition) is 1. The summed E-state index contributed by atoms with van der Waals surface area (Å²) in [6.07, 6.45) is 7.20. The molecule has 142 valence electrons. The SMILES string of the molecule is CCNCC1CCN(C(=O)C2CCCN(C(=O)c3ccncc3)C2)CC1. The van der Waals surface area contributed by atoms with Crippen LogP contribution < -0.4 is 5.32 Å². The minimum atomic E-state index is -0.0557. The Bertz CT molecular complexity index is 599. The van der Waals surface area contributed by atoms with E-state index in [1.165, 1.54) is 0 Å². The fourth-order valence-electron chi connectivity index (χ4n) is 4.00. The average Bonchev–Trinajstić information content (AvgIpc) is 2.72. The molecule has 3 heterocycles. The molecule has 0 spiro atoms. The van der Waals surface area contributed by atoms with E-state index in [4.69, 9.17) is 0 Å². The van der Waals surface area contributed by atoms with Crippen molar-refractivity contribution < 1.29 is 9.59 Å². The van der Waals surface area contributed by atoms with Crippen LogP contribution in [0.25, 0.3) is 0 Å². The number of pyridine rings is 1. The molecule has 1 N–H and O–H groups in total. The van der Waals surface area contributed by atoms with Gasteiger partial charge in [-0.2, -0.15) is 0 Å². The largest absolute Gasteiger partial charge is 0.342 e. The lowest BCUT2D eigenvalue weighted by Crippen LogP contribution is -2.49. The van der Waals surface area contributed by atoms with Crippen molar-refractivity contribution in [2.45, 2.75) is 32.6 Å². The van der Waals surface area contributed by atoms with Gasteiger partial charge in [0.15, 0.2) is 0 Å². The Morgan fingerprint density at radius 1 is 1.12 bits per heavy atom. The number of nitrogens with zero attached hydrogens (tertiary/aromatic N) is 3. The highest BCUT2D eigenvalue weighted by Crippen LogP contribution is 2.24. The summed E-state index contributed by atoms with van der Waals surface area (Å²) < 4.78 is 0. The van der Waals surface area contributed by atoms with Gasteiger partial charge in [0.1, 0.15) is 0 Å². The van der Waals surface area contributed by atoms with Gasteiger partial charge in [0.05, 0.1) is 5.92 Å². The van der Waals surface area contributed by atoms with Crippen molar-refractivity contribution in [1.82, 2.24) is 20.1 Å². The lowest BCUT2D eigenvalue weighted by molar-refractivity contribution is -0.138. The topological polar surface area (TPSA) is 65.5 Å². The van der Waals surface area contributed by atoms with Crippen LogP contribution in [-0.2, 0) is 4.79 Å². The van der Waals surface area contributed by atoms with Crippen LogP contribution in [0.4, 0.5) is 0 Å². The Labute approximate surface area is 156 Å². The first-order valence-corrected chi connectivity index (χ1v) is 9.87. The highest BCUT2D eigenvalue weighted by molar-refractivity contribution is 5.94. The van der Waals surface area contributed by atoms with Crippen LogP contribution in [0.1, 0.15) is 43.0 Å². The number of carbonyl (C=O) groups is 2. The van der Waals surface area contributed by atoms with Gasteiger partial charge in [-0.3, -0.25) is 14.6 Å². The summed E-state index contributed by atoms with van der Waals surface area (Å²) in [7, 11) is 0. The molecule has 6 heteroatoms. The second kappa shape index (κ2) is 9.12. The first-order chi connectivity index (χ1) is 12.7. The van der Waals surface area contributed by atoms with Gasteiger partial charge in [-0.1, -0.05) is 6.92 Å². The van der Waals surface area contributed by atoms with Crippen molar-refractivity contribution in [3.63, 3.8) is 0 Å². The number of amides is 2. The van der Waals surface area contributed by atoms with Crippen molar-refractivity contribution in [3.05, 3.63) is 30.1 Å². The third-order valence-corrected chi connectivity index (χ3v) is 5.59. The fourth-order valence-corrected chi connectivity index (χ4v) is 4.00. The van der Waals surface area contributed by atoms with Gasteiger partial charge in [-0.05, 0) is 56.8 Å². The molecule has 6 nitrogen and oxygen atoms in total. The van der Waals surface area contributed by atoms with Crippen molar-refractivity contribution in [2.24, 2.45) is 11.8 Å². The van der Waals surface area contributed by atoms with Gasteiger partial charge >= 0.3 is 0 Å². The Hall–Kier alpha value is -1.95. The van der Waals surface area contributed by atoms with E-state index in [0.29, 0.717) is 18.0 Å². The van der Waals surface area contributed by atoms with Gasteiger partial charge in [-0.25, -0.2) is 0 Å². The number of piperidine rings is 2. The van der Waals surface area contributed by atoms with E-state index in [1.807, 2.05) is 9.80 Å². The lowest BCUT2D eigenvalue weighted by atomic mass is 9.92. The molecule has 1 aromatic heterocycles. The molecule has 0 aromatic carbocycles. The number of carbonyl (C=O) groups excluding carboxylic acids is 2. The summed E-state index contributed by atoms with van der Waals surface area (Å²) in [6, 6.07) is 3.48. The van der Waals surface area contributed by atoms with Crippen LogP contribution in [0.15, 0.2) is 24.5 Å². The summed E-state index contributed by atoms with van der Waals surface area (Å²) in [5.74, 6) is 0.864. The van der Waals surface area contributed by atoms with Crippen LogP contribution in [0.2, 0.25) is 0 Å². The van der Waals surface area contributed by atoms with Crippen LogP contribution >= 0.6 is 0 Å². The highest BCUT2D eigenvalue weighted by Gasteiger charge is 2.33. The summed E-state index contributed by atoms with van der Waals surface area (Å²) in [4.78, 5) is 33.4. The molecule has 0 aliphatic carbocycles. The second-order valence-electron chi connectivity index (χ2n) is 7.40. The Morgan fingerprint density at radius 3 is 2.54 bits per heavy atom. The van der Waals surface area contributed by atoms with E-state index in [2.05, 4.69) is 17.2 Å².